The minimum absolute atomic E-state index is 0.00665. The zero-order valence-corrected chi connectivity index (χ0v) is 17.3. The summed E-state index contributed by atoms with van der Waals surface area (Å²) in [5.41, 5.74) is 0.985. The summed E-state index contributed by atoms with van der Waals surface area (Å²) >= 11 is 1.57. The van der Waals surface area contributed by atoms with Crippen LogP contribution < -0.4 is 5.32 Å². The second-order valence-corrected chi connectivity index (χ2v) is 7.71. The zero-order chi connectivity index (χ0) is 21.8. The van der Waals surface area contributed by atoms with Crippen molar-refractivity contribution in [2.75, 3.05) is 7.11 Å². The van der Waals surface area contributed by atoms with E-state index >= 15 is 0 Å². The summed E-state index contributed by atoms with van der Waals surface area (Å²) < 4.78 is 9.96. The van der Waals surface area contributed by atoms with E-state index in [2.05, 4.69) is 10.1 Å². The van der Waals surface area contributed by atoms with Gasteiger partial charge in [0.05, 0.1) is 13.7 Å². The first kappa shape index (κ1) is 20.5. The van der Waals surface area contributed by atoms with E-state index in [0.717, 1.165) is 20.3 Å². The van der Waals surface area contributed by atoms with Gasteiger partial charge in [0.15, 0.2) is 0 Å². The number of benzene rings is 2. The first-order chi connectivity index (χ1) is 15.0. The largest absolute Gasteiger partial charge is 0.463 e. The average Bonchev–Trinajstić information content (AvgIpc) is 3.36. The Hall–Kier alpha value is -3.78. The Morgan fingerprint density at radius 3 is 2.58 bits per heavy atom. The summed E-state index contributed by atoms with van der Waals surface area (Å²) in [6, 6.07) is 19.9. The molecule has 0 spiro atoms. The summed E-state index contributed by atoms with van der Waals surface area (Å²) in [6.07, 6.45) is 1.66. The van der Waals surface area contributed by atoms with Gasteiger partial charge in [-0.15, -0.1) is 0 Å². The molecule has 1 aromatic heterocycles. The van der Waals surface area contributed by atoms with Gasteiger partial charge in [0.25, 0.3) is 5.91 Å². The number of urea groups is 1. The lowest BCUT2D eigenvalue weighted by atomic mass is 10.2. The van der Waals surface area contributed by atoms with Gasteiger partial charge in [-0.25, -0.2) is 9.59 Å². The molecule has 0 radical (unpaired) electrons. The van der Waals surface area contributed by atoms with E-state index in [1.54, 1.807) is 17.8 Å². The van der Waals surface area contributed by atoms with Gasteiger partial charge in [0.2, 0.25) is 5.76 Å². The second-order valence-electron chi connectivity index (χ2n) is 6.59. The lowest BCUT2D eigenvalue weighted by Gasteiger charge is -2.09. The van der Waals surface area contributed by atoms with Crippen LogP contribution in [0.3, 0.4) is 0 Å². The third-order valence-electron chi connectivity index (χ3n) is 4.51. The van der Waals surface area contributed by atoms with Gasteiger partial charge >= 0.3 is 12.0 Å². The molecule has 8 heteroatoms. The predicted octanol–water partition coefficient (Wildman–Crippen LogP) is 4.31. The number of hydrogen-bond acceptors (Lipinski definition) is 6. The molecule has 0 bridgehead atoms. The molecule has 3 amide bonds. The van der Waals surface area contributed by atoms with E-state index in [-0.39, 0.29) is 18.0 Å². The Morgan fingerprint density at radius 1 is 1.06 bits per heavy atom. The first-order valence-electron chi connectivity index (χ1n) is 9.38. The van der Waals surface area contributed by atoms with E-state index in [4.69, 9.17) is 4.42 Å². The van der Waals surface area contributed by atoms with Crippen molar-refractivity contribution in [3.05, 3.63) is 89.5 Å². The van der Waals surface area contributed by atoms with Crippen LogP contribution >= 0.6 is 11.8 Å². The van der Waals surface area contributed by atoms with Gasteiger partial charge in [0.1, 0.15) is 11.5 Å². The number of nitrogens with zero attached hydrogens (tertiary/aromatic N) is 1. The highest BCUT2D eigenvalue weighted by atomic mass is 32.2. The van der Waals surface area contributed by atoms with E-state index in [1.165, 1.54) is 19.2 Å². The molecule has 1 N–H and O–H groups in total. The van der Waals surface area contributed by atoms with Crippen molar-refractivity contribution in [2.24, 2.45) is 0 Å². The molecular formula is C23H18N2O5S. The lowest BCUT2D eigenvalue weighted by molar-refractivity contribution is -0.123. The van der Waals surface area contributed by atoms with Crippen LogP contribution in [0, 0.1) is 0 Å². The van der Waals surface area contributed by atoms with Crippen molar-refractivity contribution in [1.82, 2.24) is 10.2 Å². The maximum Gasteiger partial charge on any atom is 0.373 e. The fraction of sp³-hybridized carbons (Fsp3) is 0.0870. The number of ether oxygens (including phenoxy) is 1. The van der Waals surface area contributed by atoms with E-state index in [1.807, 2.05) is 54.6 Å². The molecule has 1 saturated heterocycles. The van der Waals surface area contributed by atoms with Crippen LogP contribution in [0.5, 0.6) is 0 Å². The van der Waals surface area contributed by atoms with Gasteiger partial charge < -0.3 is 14.5 Å². The number of hydrogen-bond donors (Lipinski definition) is 1. The standard InChI is InChI=1S/C23H18N2O5S/c1-29-22(27)19-12-11-16(30-19)14-25-21(26)18(24-23(25)28)13-15-7-5-6-10-20(15)31-17-8-3-2-4-9-17/h2-13H,14H2,1H3,(H,24,28). The van der Waals surface area contributed by atoms with Crippen molar-refractivity contribution < 1.29 is 23.5 Å². The Morgan fingerprint density at radius 2 is 1.81 bits per heavy atom. The fourth-order valence-electron chi connectivity index (χ4n) is 3.01. The van der Waals surface area contributed by atoms with Crippen molar-refractivity contribution in [2.45, 2.75) is 16.3 Å². The van der Waals surface area contributed by atoms with E-state index in [9.17, 15) is 14.4 Å². The minimum Gasteiger partial charge on any atom is -0.463 e. The Kier molecular flexibility index (Phi) is 5.90. The Balaban J connectivity index is 1.54. The number of esters is 1. The van der Waals surface area contributed by atoms with Crippen molar-refractivity contribution >= 4 is 35.7 Å². The molecule has 0 aliphatic carbocycles. The molecule has 31 heavy (non-hydrogen) atoms. The van der Waals surface area contributed by atoms with Crippen molar-refractivity contribution in [3.8, 4) is 0 Å². The summed E-state index contributed by atoms with van der Waals surface area (Å²) in [5, 5.41) is 2.61. The van der Waals surface area contributed by atoms with E-state index in [0.29, 0.717) is 5.76 Å². The van der Waals surface area contributed by atoms with E-state index < -0.39 is 17.9 Å². The van der Waals surface area contributed by atoms with Crippen molar-refractivity contribution in [1.29, 1.82) is 0 Å². The topological polar surface area (TPSA) is 88.9 Å². The second kappa shape index (κ2) is 8.93. The average molecular weight is 434 g/mol. The number of carbonyl (C=O) groups excluding carboxylic acids is 3. The number of amides is 3. The monoisotopic (exact) mass is 434 g/mol. The molecule has 2 heterocycles. The molecule has 0 atom stereocenters. The third-order valence-corrected chi connectivity index (χ3v) is 5.61. The van der Waals surface area contributed by atoms with Gasteiger partial charge in [-0.05, 0) is 42.0 Å². The molecule has 3 aromatic rings. The number of furan rings is 1. The summed E-state index contributed by atoms with van der Waals surface area (Å²) in [6.45, 7) is -0.0978. The van der Waals surface area contributed by atoms with Gasteiger partial charge in [-0.2, -0.15) is 0 Å². The first-order valence-corrected chi connectivity index (χ1v) is 10.2. The molecule has 1 aliphatic rings. The molecule has 4 rings (SSSR count). The lowest BCUT2D eigenvalue weighted by Crippen LogP contribution is -2.30. The number of nitrogens with one attached hydrogen (secondary N) is 1. The number of imide groups is 1. The molecule has 7 nitrogen and oxygen atoms in total. The molecule has 1 fully saturated rings. The van der Waals surface area contributed by atoms with Crippen LogP contribution in [-0.4, -0.2) is 29.9 Å². The summed E-state index contributed by atoms with van der Waals surface area (Å²) in [4.78, 5) is 39.8. The Bertz CT molecular complexity index is 1170. The van der Waals surface area contributed by atoms with Crippen LogP contribution in [0.4, 0.5) is 4.79 Å². The number of methoxy groups -OCH3 is 1. The van der Waals surface area contributed by atoms with Crippen molar-refractivity contribution in [3.63, 3.8) is 0 Å². The van der Waals surface area contributed by atoms with Gasteiger partial charge in [0, 0.05) is 9.79 Å². The summed E-state index contributed by atoms with van der Waals surface area (Å²) in [7, 11) is 1.24. The zero-order valence-electron chi connectivity index (χ0n) is 16.5. The normalized spacial score (nSPS) is 14.7. The maximum atomic E-state index is 12.8. The van der Waals surface area contributed by atoms with Crippen LogP contribution in [0.2, 0.25) is 0 Å². The molecule has 1 aliphatic heterocycles. The third kappa shape index (κ3) is 4.54. The van der Waals surface area contributed by atoms with Crippen LogP contribution in [0.1, 0.15) is 21.9 Å². The van der Waals surface area contributed by atoms with Crippen LogP contribution in [-0.2, 0) is 16.1 Å². The SMILES string of the molecule is COC(=O)c1ccc(CN2C(=O)NC(=Cc3ccccc3Sc3ccccc3)C2=O)o1. The highest BCUT2D eigenvalue weighted by molar-refractivity contribution is 7.99. The molecule has 0 saturated carbocycles. The van der Waals surface area contributed by atoms with Crippen LogP contribution in [0.15, 0.2) is 86.6 Å². The number of carbonyl (C=O) groups is 3. The maximum absolute atomic E-state index is 12.8. The Labute approximate surface area is 182 Å². The number of rotatable bonds is 6. The minimum atomic E-state index is -0.628. The fourth-order valence-corrected chi connectivity index (χ4v) is 3.95. The highest BCUT2D eigenvalue weighted by Gasteiger charge is 2.34. The molecule has 2 aromatic carbocycles. The molecule has 156 valence electrons. The molecule has 0 unspecified atom stereocenters. The molecular weight excluding hydrogens is 416 g/mol. The van der Waals surface area contributed by atoms with Gasteiger partial charge in [-0.3, -0.25) is 9.69 Å². The highest BCUT2D eigenvalue weighted by Crippen LogP contribution is 2.31. The van der Waals surface area contributed by atoms with Gasteiger partial charge in [-0.1, -0.05) is 48.2 Å². The smallest absolute Gasteiger partial charge is 0.373 e. The summed E-state index contributed by atoms with van der Waals surface area (Å²) in [5.74, 6) is -0.797. The van der Waals surface area contributed by atoms with Crippen LogP contribution in [0.25, 0.3) is 6.08 Å². The quantitative estimate of drug-likeness (QED) is 0.353. The predicted molar refractivity (Wildman–Crippen MR) is 114 cm³/mol.